The van der Waals surface area contributed by atoms with Gasteiger partial charge in [-0.25, -0.2) is 0 Å². The Morgan fingerprint density at radius 1 is 1.05 bits per heavy atom. The van der Waals surface area contributed by atoms with Gasteiger partial charge in [-0.3, -0.25) is 0 Å². The molecule has 0 radical (unpaired) electrons. The molecule has 110 valence electrons. The van der Waals surface area contributed by atoms with Crippen molar-refractivity contribution in [2.24, 2.45) is 0 Å². The Kier molecular flexibility index (Phi) is 9.43. The van der Waals surface area contributed by atoms with E-state index in [1.807, 2.05) is 0 Å². The molecule has 0 aliphatic rings. The van der Waals surface area contributed by atoms with Gasteiger partial charge in [0.2, 0.25) is 0 Å². The number of benzene rings is 1. The summed E-state index contributed by atoms with van der Waals surface area (Å²) in [7, 11) is 0. The van der Waals surface area contributed by atoms with Gasteiger partial charge in [0.25, 0.3) is 0 Å². The number of hydrogen-bond acceptors (Lipinski definition) is 4. The van der Waals surface area contributed by atoms with E-state index in [-0.39, 0.29) is 0 Å². The Balaban J connectivity index is 0.000000555. The van der Waals surface area contributed by atoms with Crippen molar-refractivity contribution in [1.82, 2.24) is 4.90 Å². The van der Waals surface area contributed by atoms with Crippen molar-refractivity contribution in [2.45, 2.75) is 26.7 Å². The van der Waals surface area contributed by atoms with E-state index in [4.69, 9.17) is 15.7 Å². The van der Waals surface area contributed by atoms with Crippen molar-refractivity contribution in [3.05, 3.63) is 35.9 Å². The number of hydrogen-bond donors (Lipinski definition) is 1. The third-order valence-corrected chi connectivity index (χ3v) is 2.68. The minimum atomic E-state index is -5.38. The van der Waals surface area contributed by atoms with Gasteiger partial charge in [-0.2, -0.15) is 0 Å². The average molecular weight is 311 g/mol. The van der Waals surface area contributed by atoms with Crippen LogP contribution in [-0.2, 0) is 30.9 Å². The predicted molar refractivity (Wildman–Crippen MR) is 66.8 cm³/mol. The number of nitrogens with zero attached hydrogens (tertiary/aromatic N) is 1. The van der Waals surface area contributed by atoms with E-state index in [1.165, 1.54) is 38.0 Å². The van der Waals surface area contributed by atoms with Gasteiger partial charge >= 0.3 is 28.7 Å². The molecule has 0 unspecified atom stereocenters. The zero-order valence-corrected chi connectivity index (χ0v) is 12.6. The van der Waals surface area contributed by atoms with Gasteiger partial charge in [0.1, 0.15) is 0 Å². The Labute approximate surface area is 116 Å². The summed E-state index contributed by atoms with van der Waals surface area (Å²) >= 11 is -5.38. The molecule has 0 spiro atoms. The van der Waals surface area contributed by atoms with Gasteiger partial charge in [-0.1, -0.05) is 44.2 Å². The molecule has 0 fully saturated rings. The SMILES string of the molecule is CCN(CC)CCCc1ccccc1.[O]=[Mn](=[O])(=[O])[OH]. The van der Waals surface area contributed by atoms with E-state index in [2.05, 4.69) is 49.1 Å². The van der Waals surface area contributed by atoms with Crippen LogP contribution in [0.3, 0.4) is 0 Å². The Hall–Kier alpha value is -0.941. The van der Waals surface area contributed by atoms with Gasteiger partial charge in [-0.05, 0) is 38.0 Å². The van der Waals surface area contributed by atoms with Crippen molar-refractivity contribution >= 4 is 0 Å². The molecular formula is C13H22MnNO4. The standard InChI is InChI=1S/C13H21N.Mn.H2O.3O/c1-3-14(4-2)12-8-11-13-9-6-5-7-10-13;;;;;/h5-7,9-10H,3-4,8,11-12H2,1-2H3;;1H2;;;/q;+1;;;;/p-1. The maximum atomic E-state index is 8.69. The number of aryl methyl sites for hydroxylation is 1. The molecular weight excluding hydrogens is 289 g/mol. The van der Waals surface area contributed by atoms with Gasteiger partial charge in [-0.15, -0.1) is 0 Å². The van der Waals surface area contributed by atoms with Gasteiger partial charge in [0.05, 0.1) is 0 Å². The van der Waals surface area contributed by atoms with E-state index in [0.29, 0.717) is 0 Å². The first-order valence-corrected chi connectivity index (χ1v) is 8.23. The molecule has 0 bridgehead atoms. The minimum absolute atomic E-state index is 1.17. The summed E-state index contributed by atoms with van der Waals surface area (Å²) < 4.78 is 33.1. The summed E-state index contributed by atoms with van der Waals surface area (Å²) in [6.07, 6.45) is 2.48. The maximum absolute atomic E-state index is 8.69. The summed E-state index contributed by atoms with van der Waals surface area (Å²) in [6, 6.07) is 10.7. The van der Waals surface area contributed by atoms with Crippen LogP contribution in [0.2, 0.25) is 0 Å². The fourth-order valence-electron chi connectivity index (χ4n) is 1.69. The van der Waals surface area contributed by atoms with Crippen LogP contribution in [0, 0.1) is 0 Å². The molecule has 0 aliphatic carbocycles. The third kappa shape index (κ3) is 13.3. The van der Waals surface area contributed by atoms with Crippen molar-refractivity contribution in [3.8, 4) is 0 Å². The van der Waals surface area contributed by atoms with Gasteiger partial charge in [0.15, 0.2) is 0 Å². The topological polar surface area (TPSA) is 74.7 Å². The Morgan fingerprint density at radius 2 is 1.53 bits per heavy atom. The number of rotatable bonds is 6. The van der Waals surface area contributed by atoms with Crippen LogP contribution < -0.4 is 0 Å². The summed E-state index contributed by atoms with van der Waals surface area (Å²) in [6.45, 7) is 8.02. The fourth-order valence-corrected chi connectivity index (χ4v) is 1.69. The first-order valence-electron chi connectivity index (χ1n) is 6.26. The molecule has 1 aromatic rings. The fraction of sp³-hybridized carbons (Fsp3) is 0.538. The molecule has 1 aromatic carbocycles. The normalized spacial score (nSPS) is 10.9. The van der Waals surface area contributed by atoms with Gasteiger partial charge < -0.3 is 4.90 Å². The third-order valence-electron chi connectivity index (χ3n) is 2.68. The molecule has 1 N–H and O–H groups in total. The first-order chi connectivity index (χ1) is 8.86. The monoisotopic (exact) mass is 311 g/mol. The zero-order valence-electron chi connectivity index (χ0n) is 11.4. The summed E-state index contributed by atoms with van der Waals surface area (Å²) in [5.41, 5.74) is 1.46. The summed E-state index contributed by atoms with van der Waals surface area (Å²) in [4.78, 5) is 2.48. The van der Waals surface area contributed by atoms with Crippen molar-refractivity contribution < 1.29 is 28.7 Å². The molecule has 0 saturated carbocycles. The first kappa shape index (κ1) is 18.1. The van der Waals surface area contributed by atoms with E-state index in [9.17, 15) is 0 Å². The molecule has 0 heterocycles. The summed E-state index contributed by atoms with van der Waals surface area (Å²) in [5.74, 6) is 0. The van der Waals surface area contributed by atoms with Crippen molar-refractivity contribution in [1.29, 1.82) is 0 Å². The van der Waals surface area contributed by atoms with Crippen LogP contribution in [0.15, 0.2) is 30.3 Å². The second kappa shape index (κ2) is 9.92. The van der Waals surface area contributed by atoms with E-state index >= 15 is 0 Å². The molecule has 0 aromatic heterocycles. The molecule has 0 amide bonds. The molecule has 1 rings (SSSR count). The zero-order chi connectivity index (χ0) is 14.7. The molecule has 6 heteroatoms. The summed E-state index contributed by atoms with van der Waals surface area (Å²) in [5, 5.41) is 0. The molecule has 0 saturated heterocycles. The Bertz CT molecular complexity index is 461. The second-order valence-electron chi connectivity index (χ2n) is 4.01. The van der Waals surface area contributed by atoms with Gasteiger partial charge in [0, 0.05) is 0 Å². The quantitative estimate of drug-likeness (QED) is 0.814. The molecule has 0 atom stereocenters. The van der Waals surface area contributed by atoms with Crippen LogP contribution in [0.1, 0.15) is 25.8 Å². The average Bonchev–Trinajstić information content (AvgIpc) is 2.34. The molecule has 19 heavy (non-hydrogen) atoms. The predicted octanol–water partition coefficient (Wildman–Crippen LogP) is 2.05. The second-order valence-corrected chi connectivity index (χ2v) is 5.25. The van der Waals surface area contributed by atoms with Crippen LogP contribution in [0.4, 0.5) is 0 Å². The van der Waals surface area contributed by atoms with E-state index in [0.717, 1.165) is 0 Å². The Morgan fingerprint density at radius 3 is 1.95 bits per heavy atom. The van der Waals surface area contributed by atoms with Crippen molar-refractivity contribution in [2.75, 3.05) is 19.6 Å². The molecule has 0 aliphatic heterocycles. The van der Waals surface area contributed by atoms with E-state index in [1.54, 1.807) is 0 Å². The van der Waals surface area contributed by atoms with Crippen LogP contribution in [-0.4, -0.2) is 28.7 Å². The van der Waals surface area contributed by atoms with Crippen LogP contribution in [0.5, 0.6) is 0 Å². The van der Waals surface area contributed by atoms with Crippen molar-refractivity contribution in [3.63, 3.8) is 0 Å². The van der Waals surface area contributed by atoms with Crippen LogP contribution >= 0.6 is 0 Å². The van der Waals surface area contributed by atoms with E-state index < -0.39 is 13.0 Å². The molecule has 5 nitrogen and oxygen atoms in total. The van der Waals surface area contributed by atoms with Crippen LogP contribution in [0.25, 0.3) is 0 Å².